The van der Waals surface area contributed by atoms with Crippen LogP contribution in [0.2, 0.25) is 0 Å². The summed E-state index contributed by atoms with van der Waals surface area (Å²) in [7, 11) is 0. The molecule has 5 heteroatoms. The van der Waals surface area contributed by atoms with Gasteiger partial charge in [-0.1, -0.05) is 6.92 Å². The molecule has 0 spiro atoms. The van der Waals surface area contributed by atoms with E-state index in [9.17, 15) is 9.18 Å². The van der Waals surface area contributed by atoms with Gasteiger partial charge in [0.05, 0.1) is 17.2 Å². The van der Waals surface area contributed by atoms with Crippen LogP contribution in [-0.2, 0) is 4.79 Å². The van der Waals surface area contributed by atoms with E-state index in [0.29, 0.717) is 5.69 Å². The number of hydrogen-bond acceptors (Lipinski definition) is 3. The average Bonchev–Trinajstić information content (AvgIpc) is 2.26. The van der Waals surface area contributed by atoms with E-state index in [1.165, 1.54) is 12.1 Å². The molecule has 84 valence electrons. The first kappa shape index (κ1) is 12.0. The van der Waals surface area contributed by atoms with Crippen LogP contribution in [0.5, 0.6) is 0 Å². The number of carbonyl (C=O) groups is 1. The fourth-order valence-electron chi connectivity index (χ4n) is 1.11. The van der Waals surface area contributed by atoms with E-state index in [2.05, 4.69) is 5.32 Å². The molecular formula is C11H11FN2O2. The highest BCUT2D eigenvalue weighted by Gasteiger charge is 2.11. The van der Waals surface area contributed by atoms with Crippen molar-refractivity contribution in [3.63, 3.8) is 0 Å². The highest BCUT2D eigenvalue weighted by atomic mass is 19.1. The first-order chi connectivity index (χ1) is 7.54. The predicted molar refractivity (Wildman–Crippen MR) is 56.4 cm³/mol. The second-order valence-electron chi connectivity index (χ2n) is 3.42. The summed E-state index contributed by atoms with van der Waals surface area (Å²) in [5.41, 5.74) is 0.606. The summed E-state index contributed by atoms with van der Waals surface area (Å²) < 4.78 is 12.8. The molecule has 0 aliphatic carbocycles. The van der Waals surface area contributed by atoms with Gasteiger partial charge in [-0.25, -0.2) is 4.39 Å². The number of anilines is 1. The Morgan fingerprint density at radius 3 is 2.94 bits per heavy atom. The maximum atomic E-state index is 12.8. The van der Waals surface area contributed by atoms with Crippen LogP contribution < -0.4 is 5.32 Å². The molecule has 0 saturated carbocycles. The van der Waals surface area contributed by atoms with Gasteiger partial charge in [0, 0.05) is 6.54 Å². The van der Waals surface area contributed by atoms with Gasteiger partial charge in [0.25, 0.3) is 0 Å². The molecule has 2 N–H and O–H groups in total. The van der Waals surface area contributed by atoms with Crippen LogP contribution in [0.25, 0.3) is 0 Å². The van der Waals surface area contributed by atoms with Crippen molar-refractivity contribution in [1.82, 2.24) is 0 Å². The average molecular weight is 222 g/mol. The van der Waals surface area contributed by atoms with Crippen LogP contribution in [0.4, 0.5) is 10.1 Å². The summed E-state index contributed by atoms with van der Waals surface area (Å²) in [4.78, 5) is 10.6. The van der Waals surface area contributed by atoms with Gasteiger partial charge in [-0.15, -0.1) is 0 Å². The summed E-state index contributed by atoms with van der Waals surface area (Å²) in [6.45, 7) is 1.74. The zero-order valence-corrected chi connectivity index (χ0v) is 8.70. The van der Waals surface area contributed by atoms with Gasteiger partial charge in [0.1, 0.15) is 11.9 Å². The number of benzene rings is 1. The zero-order valence-electron chi connectivity index (χ0n) is 8.70. The zero-order chi connectivity index (χ0) is 12.1. The quantitative estimate of drug-likeness (QED) is 0.815. The number of rotatable bonds is 4. The van der Waals surface area contributed by atoms with Crippen molar-refractivity contribution in [2.24, 2.45) is 5.92 Å². The predicted octanol–water partition coefficient (Wildman–Crippen LogP) is 1.83. The van der Waals surface area contributed by atoms with E-state index in [1.807, 2.05) is 6.07 Å². The van der Waals surface area contributed by atoms with Crippen LogP contribution in [0, 0.1) is 23.1 Å². The first-order valence-electron chi connectivity index (χ1n) is 4.71. The van der Waals surface area contributed by atoms with Crippen molar-refractivity contribution >= 4 is 11.7 Å². The Morgan fingerprint density at radius 2 is 2.38 bits per heavy atom. The van der Waals surface area contributed by atoms with Gasteiger partial charge < -0.3 is 10.4 Å². The number of nitriles is 1. The smallest absolute Gasteiger partial charge is 0.308 e. The highest BCUT2D eigenvalue weighted by molar-refractivity contribution is 5.70. The molecule has 16 heavy (non-hydrogen) atoms. The molecule has 0 heterocycles. The maximum absolute atomic E-state index is 12.8. The van der Waals surface area contributed by atoms with Crippen LogP contribution in [0.1, 0.15) is 12.5 Å². The molecule has 0 amide bonds. The molecule has 1 unspecified atom stereocenters. The van der Waals surface area contributed by atoms with Crippen molar-refractivity contribution in [2.45, 2.75) is 6.92 Å². The van der Waals surface area contributed by atoms with E-state index in [0.717, 1.165) is 6.07 Å². The van der Waals surface area contributed by atoms with Crippen molar-refractivity contribution in [1.29, 1.82) is 5.26 Å². The molecule has 1 aromatic carbocycles. The van der Waals surface area contributed by atoms with Crippen LogP contribution in [0.15, 0.2) is 18.2 Å². The number of nitrogens with zero attached hydrogens (tertiary/aromatic N) is 1. The Hall–Kier alpha value is -2.09. The molecule has 4 nitrogen and oxygen atoms in total. The minimum atomic E-state index is -0.923. The number of carboxylic acids is 1. The molecule has 0 fully saturated rings. The summed E-state index contributed by atoms with van der Waals surface area (Å²) >= 11 is 0. The van der Waals surface area contributed by atoms with E-state index in [4.69, 9.17) is 10.4 Å². The lowest BCUT2D eigenvalue weighted by atomic mass is 10.1. The van der Waals surface area contributed by atoms with Gasteiger partial charge in [0.2, 0.25) is 0 Å². The summed E-state index contributed by atoms with van der Waals surface area (Å²) in [6, 6.07) is 5.58. The Labute approximate surface area is 92.3 Å². The number of hydrogen-bond donors (Lipinski definition) is 2. The molecule has 0 aliphatic heterocycles. The Bertz CT molecular complexity index is 440. The third kappa shape index (κ3) is 2.95. The molecule has 0 radical (unpaired) electrons. The lowest BCUT2D eigenvalue weighted by Crippen LogP contribution is -2.20. The Morgan fingerprint density at radius 1 is 1.69 bits per heavy atom. The molecule has 0 aliphatic rings. The van der Waals surface area contributed by atoms with Crippen LogP contribution in [-0.4, -0.2) is 17.6 Å². The normalized spacial score (nSPS) is 11.6. The Balaban J connectivity index is 2.75. The first-order valence-corrected chi connectivity index (χ1v) is 4.71. The molecule has 0 aromatic heterocycles. The molecule has 0 saturated heterocycles. The van der Waals surface area contributed by atoms with E-state index in [1.54, 1.807) is 6.92 Å². The van der Waals surface area contributed by atoms with Gasteiger partial charge in [-0.2, -0.15) is 5.26 Å². The molecule has 1 atom stereocenters. The SMILES string of the molecule is CC(CNc1ccc(F)cc1C#N)C(=O)O. The number of carboxylic acid groups (broad SMARTS) is 1. The summed E-state index contributed by atoms with van der Waals surface area (Å²) in [6.07, 6.45) is 0. The largest absolute Gasteiger partial charge is 0.481 e. The fraction of sp³-hybridized carbons (Fsp3) is 0.273. The topological polar surface area (TPSA) is 73.1 Å². The summed E-state index contributed by atoms with van der Waals surface area (Å²) in [5, 5.41) is 20.2. The van der Waals surface area contributed by atoms with Crippen molar-refractivity contribution < 1.29 is 14.3 Å². The monoisotopic (exact) mass is 222 g/mol. The Kier molecular flexibility index (Phi) is 3.84. The fourth-order valence-corrected chi connectivity index (χ4v) is 1.11. The van der Waals surface area contributed by atoms with E-state index >= 15 is 0 Å². The minimum absolute atomic E-state index is 0.164. The van der Waals surface area contributed by atoms with Gasteiger partial charge >= 0.3 is 5.97 Å². The second-order valence-corrected chi connectivity index (χ2v) is 3.42. The molecule has 1 rings (SSSR count). The molecular weight excluding hydrogens is 211 g/mol. The van der Waals surface area contributed by atoms with E-state index in [-0.39, 0.29) is 12.1 Å². The third-order valence-electron chi connectivity index (χ3n) is 2.12. The van der Waals surface area contributed by atoms with Gasteiger partial charge in [-0.05, 0) is 18.2 Å². The van der Waals surface area contributed by atoms with Crippen molar-refractivity contribution in [3.8, 4) is 6.07 Å². The van der Waals surface area contributed by atoms with Gasteiger partial charge in [0.15, 0.2) is 0 Å². The third-order valence-corrected chi connectivity index (χ3v) is 2.12. The lowest BCUT2D eigenvalue weighted by molar-refractivity contribution is -0.140. The second kappa shape index (κ2) is 5.12. The maximum Gasteiger partial charge on any atom is 0.308 e. The number of halogens is 1. The number of nitrogens with one attached hydrogen (secondary N) is 1. The molecule has 1 aromatic rings. The van der Waals surface area contributed by atoms with Crippen LogP contribution in [0.3, 0.4) is 0 Å². The van der Waals surface area contributed by atoms with Gasteiger partial charge in [-0.3, -0.25) is 4.79 Å². The van der Waals surface area contributed by atoms with Crippen LogP contribution >= 0.6 is 0 Å². The summed E-state index contributed by atoms with van der Waals surface area (Å²) in [5.74, 6) is -1.99. The number of aliphatic carboxylic acids is 1. The van der Waals surface area contributed by atoms with Crippen molar-refractivity contribution in [2.75, 3.05) is 11.9 Å². The standard InChI is InChI=1S/C11H11FN2O2/c1-7(11(15)16)6-14-10-3-2-9(12)4-8(10)5-13/h2-4,7,14H,6H2,1H3,(H,15,16). The minimum Gasteiger partial charge on any atom is -0.481 e. The molecule has 0 bridgehead atoms. The van der Waals surface area contributed by atoms with Crippen molar-refractivity contribution in [3.05, 3.63) is 29.6 Å². The van der Waals surface area contributed by atoms with E-state index < -0.39 is 17.7 Å². The highest BCUT2D eigenvalue weighted by Crippen LogP contribution is 2.16. The lowest BCUT2D eigenvalue weighted by Gasteiger charge is -2.10.